The zero-order valence-electron chi connectivity index (χ0n) is 12.0. The molecule has 5 nitrogen and oxygen atoms in total. The molecule has 0 saturated carbocycles. The molecule has 0 aromatic carbocycles. The summed E-state index contributed by atoms with van der Waals surface area (Å²) in [7, 11) is 0. The first-order chi connectivity index (χ1) is 8.08. The quantitative estimate of drug-likeness (QED) is 0.697. The van der Waals surface area contributed by atoms with Crippen LogP contribution in [0.4, 0.5) is 0 Å². The van der Waals surface area contributed by atoms with E-state index in [1.54, 1.807) is 0 Å². The summed E-state index contributed by atoms with van der Waals surface area (Å²) in [6.07, 6.45) is 1.51. The van der Waals surface area contributed by atoms with Gasteiger partial charge >= 0.3 is 0 Å². The van der Waals surface area contributed by atoms with Crippen molar-refractivity contribution in [3.63, 3.8) is 0 Å². The Morgan fingerprint density at radius 1 is 1.22 bits per heavy atom. The van der Waals surface area contributed by atoms with E-state index in [1.165, 1.54) is 13.8 Å². The van der Waals surface area contributed by atoms with Crippen molar-refractivity contribution in [2.24, 2.45) is 5.92 Å². The molecule has 108 valence electrons. The highest BCUT2D eigenvalue weighted by molar-refractivity contribution is 4.85. The van der Waals surface area contributed by atoms with Crippen molar-refractivity contribution >= 4 is 0 Å². The summed E-state index contributed by atoms with van der Waals surface area (Å²) < 4.78 is 16.9. The van der Waals surface area contributed by atoms with Gasteiger partial charge in [0, 0.05) is 6.61 Å². The molecule has 2 unspecified atom stereocenters. The second-order valence-electron chi connectivity index (χ2n) is 5.96. The van der Waals surface area contributed by atoms with E-state index >= 15 is 0 Å². The Morgan fingerprint density at radius 3 is 2.11 bits per heavy atom. The average molecular weight is 262 g/mol. The topological polar surface area (TPSA) is 68.2 Å². The first-order valence-corrected chi connectivity index (χ1v) is 6.46. The first kappa shape index (κ1) is 15.9. The van der Waals surface area contributed by atoms with Crippen molar-refractivity contribution in [3.8, 4) is 0 Å². The van der Waals surface area contributed by atoms with Crippen molar-refractivity contribution < 1.29 is 24.4 Å². The van der Waals surface area contributed by atoms with Crippen LogP contribution in [0.3, 0.4) is 0 Å². The molecule has 3 atom stereocenters. The maximum Gasteiger partial charge on any atom is 0.163 e. The average Bonchev–Trinajstić information content (AvgIpc) is 2.69. The second kappa shape index (κ2) is 5.84. The lowest BCUT2D eigenvalue weighted by Crippen LogP contribution is -2.33. The molecule has 2 aliphatic heterocycles. The van der Waals surface area contributed by atoms with E-state index in [2.05, 4.69) is 6.92 Å². The van der Waals surface area contributed by atoms with Gasteiger partial charge in [0.15, 0.2) is 11.6 Å². The molecule has 0 amide bonds. The van der Waals surface area contributed by atoms with Crippen LogP contribution in [0, 0.1) is 5.92 Å². The van der Waals surface area contributed by atoms with Crippen LogP contribution in [-0.4, -0.2) is 47.2 Å². The molecular formula is C13H26O5. The van der Waals surface area contributed by atoms with Crippen LogP contribution >= 0.6 is 0 Å². The Hall–Kier alpha value is -0.200. The normalized spacial score (nSPS) is 35.2. The second-order valence-corrected chi connectivity index (χ2v) is 5.96. The summed E-state index contributed by atoms with van der Waals surface area (Å²) in [6, 6.07) is 0. The molecule has 0 bridgehead atoms. The molecule has 5 heteroatoms. The van der Waals surface area contributed by atoms with E-state index in [0.29, 0.717) is 12.5 Å². The Kier molecular flexibility index (Phi) is 5.14. The standard InChI is InChI=1S/C10H18O3.C3H8O2/c1-7-4-5-11-9(7)8-6-12-10(2,3)13-8;1-3(2,4)5/h7-9H,4-6H2,1-3H3;4-5H,1-2H3/t7-,8?,9?;/m0./s1. The third kappa shape index (κ3) is 5.63. The molecule has 0 aromatic rings. The Balaban J connectivity index is 0.000000280. The van der Waals surface area contributed by atoms with Gasteiger partial charge in [0.05, 0.1) is 12.7 Å². The van der Waals surface area contributed by atoms with Gasteiger partial charge in [-0.05, 0) is 40.0 Å². The van der Waals surface area contributed by atoms with Gasteiger partial charge in [-0.1, -0.05) is 6.92 Å². The fourth-order valence-electron chi connectivity index (χ4n) is 2.07. The molecular weight excluding hydrogens is 236 g/mol. The van der Waals surface area contributed by atoms with E-state index < -0.39 is 11.6 Å². The van der Waals surface area contributed by atoms with E-state index in [-0.39, 0.29) is 12.2 Å². The Bertz CT molecular complexity index is 253. The summed E-state index contributed by atoms with van der Waals surface area (Å²) >= 11 is 0. The van der Waals surface area contributed by atoms with Crippen LogP contribution in [0.1, 0.15) is 41.0 Å². The van der Waals surface area contributed by atoms with E-state index in [1.807, 2.05) is 13.8 Å². The number of ether oxygens (including phenoxy) is 3. The molecule has 2 rings (SSSR count). The minimum absolute atomic E-state index is 0.132. The van der Waals surface area contributed by atoms with Crippen LogP contribution < -0.4 is 0 Å². The molecule has 2 saturated heterocycles. The lowest BCUT2D eigenvalue weighted by Gasteiger charge is -2.22. The third-order valence-electron chi connectivity index (χ3n) is 2.84. The van der Waals surface area contributed by atoms with Crippen molar-refractivity contribution in [3.05, 3.63) is 0 Å². The van der Waals surface area contributed by atoms with Crippen molar-refractivity contribution in [2.75, 3.05) is 13.2 Å². The number of rotatable bonds is 1. The van der Waals surface area contributed by atoms with Crippen LogP contribution in [0.2, 0.25) is 0 Å². The first-order valence-electron chi connectivity index (χ1n) is 6.46. The van der Waals surface area contributed by atoms with Crippen LogP contribution in [0.25, 0.3) is 0 Å². The lowest BCUT2D eigenvalue weighted by molar-refractivity contribution is -0.154. The third-order valence-corrected chi connectivity index (χ3v) is 2.84. The minimum atomic E-state index is -1.50. The Labute approximate surface area is 109 Å². The molecule has 2 aliphatic rings. The fraction of sp³-hybridized carbons (Fsp3) is 1.00. The van der Waals surface area contributed by atoms with Crippen LogP contribution in [-0.2, 0) is 14.2 Å². The summed E-state index contributed by atoms with van der Waals surface area (Å²) in [6.45, 7) is 10.2. The van der Waals surface area contributed by atoms with E-state index in [0.717, 1.165) is 13.0 Å². The van der Waals surface area contributed by atoms with Crippen molar-refractivity contribution in [2.45, 2.75) is 64.8 Å². The molecule has 0 radical (unpaired) electrons. The summed E-state index contributed by atoms with van der Waals surface area (Å²) in [4.78, 5) is 0. The van der Waals surface area contributed by atoms with Gasteiger partial charge < -0.3 is 24.4 Å². The highest BCUT2D eigenvalue weighted by Crippen LogP contribution is 2.31. The largest absolute Gasteiger partial charge is 0.375 e. The van der Waals surface area contributed by atoms with Gasteiger partial charge in [0.2, 0.25) is 0 Å². The van der Waals surface area contributed by atoms with Gasteiger partial charge in [0.1, 0.15) is 6.10 Å². The van der Waals surface area contributed by atoms with Gasteiger partial charge in [-0.3, -0.25) is 0 Å². The monoisotopic (exact) mass is 262 g/mol. The molecule has 2 N–H and O–H groups in total. The fourth-order valence-corrected chi connectivity index (χ4v) is 2.07. The maximum absolute atomic E-state index is 8.08. The van der Waals surface area contributed by atoms with Gasteiger partial charge in [-0.2, -0.15) is 0 Å². The van der Waals surface area contributed by atoms with E-state index in [9.17, 15) is 0 Å². The zero-order valence-corrected chi connectivity index (χ0v) is 12.0. The molecule has 2 fully saturated rings. The SMILES string of the molecule is CC(C)(O)O.C[C@H]1CCOC1C1COC(C)(C)O1. The molecule has 0 spiro atoms. The zero-order chi connectivity index (χ0) is 14.0. The minimum Gasteiger partial charge on any atom is -0.375 e. The lowest BCUT2D eigenvalue weighted by atomic mass is 10.00. The van der Waals surface area contributed by atoms with Gasteiger partial charge in [0.25, 0.3) is 0 Å². The number of hydrogen-bond donors (Lipinski definition) is 2. The smallest absolute Gasteiger partial charge is 0.163 e. The summed E-state index contributed by atoms with van der Waals surface area (Å²) in [5.41, 5.74) is 0. The summed E-state index contributed by atoms with van der Waals surface area (Å²) in [5, 5.41) is 16.2. The molecule has 0 aromatic heterocycles. The molecule has 18 heavy (non-hydrogen) atoms. The predicted molar refractivity (Wildman–Crippen MR) is 66.9 cm³/mol. The highest BCUT2D eigenvalue weighted by Gasteiger charge is 2.41. The van der Waals surface area contributed by atoms with Gasteiger partial charge in [-0.15, -0.1) is 0 Å². The van der Waals surface area contributed by atoms with Crippen LogP contribution in [0.5, 0.6) is 0 Å². The van der Waals surface area contributed by atoms with E-state index in [4.69, 9.17) is 24.4 Å². The summed E-state index contributed by atoms with van der Waals surface area (Å²) in [5.74, 6) is -1.32. The predicted octanol–water partition coefficient (Wildman–Crippen LogP) is 1.27. The number of aliphatic hydroxyl groups is 2. The van der Waals surface area contributed by atoms with Gasteiger partial charge in [-0.25, -0.2) is 0 Å². The number of hydrogen-bond acceptors (Lipinski definition) is 5. The molecule has 2 heterocycles. The molecule has 0 aliphatic carbocycles. The van der Waals surface area contributed by atoms with Crippen molar-refractivity contribution in [1.29, 1.82) is 0 Å². The highest BCUT2D eigenvalue weighted by atomic mass is 16.7. The maximum atomic E-state index is 8.08. The van der Waals surface area contributed by atoms with Crippen molar-refractivity contribution in [1.82, 2.24) is 0 Å². The van der Waals surface area contributed by atoms with Crippen LogP contribution in [0.15, 0.2) is 0 Å². The Morgan fingerprint density at radius 2 is 1.78 bits per heavy atom.